The van der Waals surface area contributed by atoms with Gasteiger partial charge in [-0.15, -0.1) is 0 Å². The van der Waals surface area contributed by atoms with Crippen LogP contribution in [0.3, 0.4) is 0 Å². The molecule has 0 saturated carbocycles. The molecule has 0 spiro atoms. The van der Waals surface area contributed by atoms with Crippen molar-refractivity contribution >= 4 is 6.03 Å². The molecule has 0 atom stereocenters. The summed E-state index contributed by atoms with van der Waals surface area (Å²) in [5, 5.41) is 3.07. The lowest BCUT2D eigenvalue weighted by molar-refractivity contribution is 0.110. The summed E-state index contributed by atoms with van der Waals surface area (Å²) >= 11 is 0. The van der Waals surface area contributed by atoms with Crippen LogP contribution >= 0.6 is 0 Å². The smallest absolute Gasteiger partial charge is 0.317 e. The van der Waals surface area contributed by atoms with Gasteiger partial charge in [0.25, 0.3) is 0 Å². The summed E-state index contributed by atoms with van der Waals surface area (Å²) in [7, 11) is 2.16. The van der Waals surface area contributed by atoms with Gasteiger partial charge in [-0.2, -0.15) is 0 Å². The second kappa shape index (κ2) is 9.06. The predicted molar refractivity (Wildman–Crippen MR) is 99.0 cm³/mol. The molecule has 2 heterocycles. The second-order valence-corrected chi connectivity index (χ2v) is 6.99. The highest BCUT2D eigenvalue weighted by Crippen LogP contribution is 2.18. The fraction of sp³-hybridized carbons (Fsp3) is 0.632. The Hall–Kier alpha value is -1.79. The molecule has 0 aliphatic carbocycles. The van der Waals surface area contributed by atoms with E-state index in [0.717, 1.165) is 70.9 Å². The van der Waals surface area contributed by atoms with Gasteiger partial charge in [0.15, 0.2) is 0 Å². The highest BCUT2D eigenvalue weighted by molar-refractivity contribution is 5.74. The maximum atomic E-state index is 12.3. The largest absolute Gasteiger partial charge is 0.490 e. The van der Waals surface area contributed by atoms with E-state index in [2.05, 4.69) is 22.2 Å². The number of likely N-dealkylation sites (N-methyl/N-ethyl adjacent to an activating group) is 1. The summed E-state index contributed by atoms with van der Waals surface area (Å²) in [6.45, 7) is 7.60. The summed E-state index contributed by atoms with van der Waals surface area (Å²) in [4.78, 5) is 19.0. The summed E-state index contributed by atoms with van der Waals surface area (Å²) in [6, 6.07) is 9.99. The topological polar surface area (TPSA) is 48.0 Å². The number of hydrogen-bond donors (Lipinski definition) is 1. The van der Waals surface area contributed by atoms with Crippen molar-refractivity contribution in [3.63, 3.8) is 0 Å². The van der Waals surface area contributed by atoms with Gasteiger partial charge in [-0.05, 0) is 19.2 Å². The van der Waals surface area contributed by atoms with Gasteiger partial charge in [-0.3, -0.25) is 4.90 Å². The minimum absolute atomic E-state index is 0.0623. The summed E-state index contributed by atoms with van der Waals surface area (Å²) in [5.41, 5.74) is 0. The van der Waals surface area contributed by atoms with Crippen LogP contribution < -0.4 is 10.1 Å². The Kier molecular flexibility index (Phi) is 6.53. The predicted octanol–water partition coefficient (Wildman–Crippen LogP) is 1.49. The lowest BCUT2D eigenvalue weighted by atomic mass is 10.1. The average molecular weight is 346 g/mol. The van der Waals surface area contributed by atoms with Crippen LogP contribution in [-0.4, -0.2) is 86.2 Å². The third-order valence-corrected chi connectivity index (χ3v) is 5.08. The van der Waals surface area contributed by atoms with E-state index in [4.69, 9.17) is 4.74 Å². The minimum atomic E-state index is 0.0623. The van der Waals surface area contributed by atoms with Gasteiger partial charge in [0.2, 0.25) is 0 Å². The number of ether oxygens (including phenoxy) is 1. The average Bonchev–Trinajstić information content (AvgIpc) is 2.65. The number of likely N-dealkylation sites (tertiary alicyclic amines) is 1. The Bertz CT molecular complexity index is 523. The molecule has 0 radical (unpaired) electrons. The summed E-state index contributed by atoms with van der Waals surface area (Å²) in [5.74, 6) is 0.914. The number of urea groups is 1. The van der Waals surface area contributed by atoms with Gasteiger partial charge in [0.1, 0.15) is 11.9 Å². The number of rotatable bonds is 5. The molecule has 138 valence electrons. The van der Waals surface area contributed by atoms with E-state index in [1.165, 1.54) is 0 Å². The highest BCUT2D eigenvalue weighted by Gasteiger charge is 2.24. The SMILES string of the molecule is CN1CCN(CCNC(=O)N2CCC(Oc3ccccc3)CC2)CC1. The first-order valence-electron chi connectivity index (χ1n) is 9.36. The number of benzene rings is 1. The van der Waals surface area contributed by atoms with Crippen LogP contribution in [0.2, 0.25) is 0 Å². The van der Waals surface area contributed by atoms with Crippen LogP contribution in [0, 0.1) is 0 Å². The number of hydrogen-bond acceptors (Lipinski definition) is 4. The van der Waals surface area contributed by atoms with E-state index in [1.54, 1.807) is 0 Å². The van der Waals surface area contributed by atoms with Gasteiger partial charge in [-0.25, -0.2) is 4.79 Å². The van der Waals surface area contributed by atoms with Crippen LogP contribution in [-0.2, 0) is 0 Å². The second-order valence-electron chi connectivity index (χ2n) is 6.99. The van der Waals surface area contributed by atoms with Gasteiger partial charge < -0.3 is 19.9 Å². The number of piperazine rings is 1. The van der Waals surface area contributed by atoms with E-state index in [0.29, 0.717) is 0 Å². The quantitative estimate of drug-likeness (QED) is 0.878. The fourth-order valence-corrected chi connectivity index (χ4v) is 3.37. The Balaban J connectivity index is 1.31. The van der Waals surface area contributed by atoms with Crippen LogP contribution in [0.1, 0.15) is 12.8 Å². The molecule has 1 aromatic rings. The van der Waals surface area contributed by atoms with Crippen LogP contribution in [0.5, 0.6) is 5.75 Å². The molecule has 0 unspecified atom stereocenters. The first-order chi connectivity index (χ1) is 12.2. The van der Waals surface area contributed by atoms with E-state index >= 15 is 0 Å². The van der Waals surface area contributed by atoms with Crippen molar-refractivity contribution in [3.8, 4) is 5.75 Å². The zero-order valence-corrected chi connectivity index (χ0v) is 15.2. The zero-order valence-electron chi connectivity index (χ0n) is 15.2. The zero-order chi connectivity index (χ0) is 17.5. The van der Waals surface area contributed by atoms with Gasteiger partial charge in [0, 0.05) is 65.2 Å². The third-order valence-electron chi connectivity index (χ3n) is 5.08. The maximum absolute atomic E-state index is 12.3. The molecule has 0 aromatic heterocycles. The molecule has 2 amide bonds. The first kappa shape index (κ1) is 18.0. The standard InChI is InChI=1S/C19H30N4O2/c1-21-13-15-22(16-14-21)12-9-20-19(24)23-10-7-18(8-11-23)25-17-5-3-2-4-6-17/h2-6,18H,7-16H2,1H3,(H,20,24). The van der Waals surface area contributed by atoms with Crippen LogP contribution in [0.25, 0.3) is 0 Å². The molecule has 0 bridgehead atoms. The van der Waals surface area contributed by atoms with E-state index in [1.807, 2.05) is 35.2 Å². The van der Waals surface area contributed by atoms with E-state index in [-0.39, 0.29) is 12.1 Å². The third kappa shape index (κ3) is 5.61. The number of carbonyl (C=O) groups is 1. The van der Waals surface area contributed by atoms with Crippen LogP contribution in [0.4, 0.5) is 4.79 Å². The van der Waals surface area contributed by atoms with Crippen molar-refractivity contribution in [3.05, 3.63) is 30.3 Å². The van der Waals surface area contributed by atoms with Crippen molar-refractivity contribution in [1.82, 2.24) is 20.0 Å². The highest BCUT2D eigenvalue weighted by atomic mass is 16.5. The van der Waals surface area contributed by atoms with Crippen LogP contribution in [0.15, 0.2) is 30.3 Å². The number of carbonyl (C=O) groups excluding carboxylic acids is 1. The van der Waals surface area contributed by atoms with Gasteiger partial charge in [0.05, 0.1) is 0 Å². The van der Waals surface area contributed by atoms with Gasteiger partial charge in [-0.1, -0.05) is 18.2 Å². The van der Waals surface area contributed by atoms with Crippen molar-refractivity contribution in [1.29, 1.82) is 0 Å². The number of para-hydroxylation sites is 1. The molecular formula is C19H30N4O2. The van der Waals surface area contributed by atoms with Crippen molar-refractivity contribution in [2.75, 3.05) is 59.4 Å². The van der Waals surface area contributed by atoms with Crippen molar-refractivity contribution < 1.29 is 9.53 Å². The molecule has 3 rings (SSSR count). The number of amides is 2. The molecule has 6 heteroatoms. The molecule has 1 N–H and O–H groups in total. The lowest BCUT2D eigenvalue weighted by Crippen LogP contribution is -2.50. The molecule has 2 aliphatic rings. The number of piperidine rings is 1. The maximum Gasteiger partial charge on any atom is 0.317 e. The lowest BCUT2D eigenvalue weighted by Gasteiger charge is -2.34. The molecule has 25 heavy (non-hydrogen) atoms. The Labute approximate surface area is 150 Å². The van der Waals surface area contributed by atoms with Gasteiger partial charge >= 0.3 is 6.03 Å². The Morgan fingerprint density at radius 1 is 1.08 bits per heavy atom. The Morgan fingerprint density at radius 3 is 2.44 bits per heavy atom. The summed E-state index contributed by atoms with van der Waals surface area (Å²) < 4.78 is 5.98. The van der Waals surface area contributed by atoms with E-state index in [9.17, 15) is 4.79 Å². The molecule has 2 fully saturated rings. The van der Waals surface area contributed by atoms with E-state index < -0.39 is 0 Å². The molecular weight excluding hydrogens is 316 g/mol. The Morgan fingerprint density at radius 2 is 1.76 bits per heavy atom. The molecule has 2 saturated heterocycles. The summed E-state index contributed by atoms with van der Waals surface area (Å²) in [6.07, 6.45) is 1.98. The molecule has 1 aromatic carbocycles. The number of nitrogens with one attached hydrogen (secondary N) is 1. The van der Waals surface area contributed by atoms with Crippen molar-refractivity contribution in [2.24, 2.45) is 0 Å². The fourth-order valence-electron chi connectivity index (χ4n) is 3.37. The normalized spacial score (nSPS) is 20.4. The van der Waals surface area contributed by atoms with Crippen molar-refractivity contribution in [2.45, 2.75) is 18.9 Å². The monoisotopic (exact) mass is 346 g/mol. The molecule has 6 nitrogen and oxygen atoms in total. The molecule has 2 aliphatic heterocycles. The number of nitrogens with zero attached hydrogens (tertiary/aromatic N) is 3. The first-order valence-corrected chi connectivity index (χ1v) is 9.36. The minimum Gasteiger partial charge on any atom is -0.490 e.